The summed E-state index contributed by atoms with van der Waals surface area (Å²) < 4.78 is 5.97. The summed E-state index contributed by atoms with van der Waals surface area (Å²) in [5, 5.41) is 17.3. The van der Waals surface area contributed by atoms with Crippen LogP contribution in [-0.2, 0) is 0 Å². The molecule has 0 fully saturated rings. The number of benzene rings is 1. The molecular formula is C9H8BrNO2. The minimum absolute atomic E-state index is 0.0546. The van der Waals surface area contributed by atoms with E-state index in [0.717, 1.165) is 4.47 Å². The van der Waals surface area contributed by atoms with Gasteiger partial charge in [0.1, 0.15) is 18.4 Å². The van der Waals surface area contributed by atoms with Crippen molar-refractivity contribution >= 4 is 15.9 Å². The van der Waals surface area contributed by atoms with Crippen LogP contribution in [0.2, 0.25) is 0 Å². The van der Waals surface area contributed by atoms with Gasteiger partial charge in [-0.2, -0.15) is 5.26 Å². The highest BCUT2D eigenvalue weighted by Crippen LogP contribution is 2.22. The van der Waals surface area contributed by atoms with E-state index in [1.807, 2.05) is 6.07 Å². The van der Waals surface area contributed by atoms with E-state index in [2.05, 4.69) is 15.9 Å². The monoisotopic (exact) mass is 241 g/mol. The van der Waals surface area contributed by atoms with Gasteiger partial charge in [-0.15, -0.1) is 0 Å². The number of nitriles is 1. The fourth-order valence-electron chi connectivity index (χ4n) is 0.871. The van der Waals surface area contributed by atoms with Crippen LogP contribution in [0.1, 0.15) is 5.56 Å². The van der Waals surface area contributed by atoms with Crippen LogP contribution in [0.15, 0.2) is 22.7 Å². The average molecular weight is 242 g/mol. The van der Waals surface area contributed by atoms with Crippen LogP contribution < -0.4 is 4.74 Å². The third-order valence-electron chi connectivity index (χ3n) is 1.41. The molecule has 1 N–H and O–H groups in total. The zero-order valence-corrected chi connectivity index (χ0v) is 8.41. The van der Waals surface area contributed by atoms with Crippen molar-refractivity contribution in [3.05, 3.63) is 28.2 Å². The topological polar surface area (TPSA) is 53.2 Å². The van der Waals surface area contributed by atoms with Crippen LogP contribution in [0.4, 0.5) is 0 Å². The highest BCUT2D eigenvalue weighted by atomic mass is 79.9. The molecule has 3 nitrogen and oxygen atoms in total. The minimum atomic E-state index is -0.0546. The highest BCUT2D eigenvalue weighted by Gasteiger charge is 2.02. The van der Waals surface area contributed by atoms with Gasteiger partial charge in [0.2, 0.25) is 0 Å². The number of hydrogen-bond donors (Lipinski definition) is 1. The second kappa shape index (κ2) is 4.85. The predicted molar refractivity (Wildman–Crippen MR) is 51.4 cm³/mol. The summed E-state index contributed by atoms with van der Waals surface area (Å²) in [5.74, 6) is 0.500. The van der Waals surface area contributed by atoms with E-state index in [0.29, 0.717) is 11.3 Å². The first-order valence-electron chi connectivity index (χ1n) is 3.71. The van der Waals surface area contributed by atoms with E-state index in [4.69, 9.17) is 15.1 Å². The van der Waals surface area contributed by atoms with E-state index in [-0.39, 0.29) is 13.2 Å². The molecule has 0 unspecified atom stereocenters. The Morgan fingerprint density at radius 2 is 2.31 bits per heavy atom. The molecule has 0 aromatic heterocycles. The predicted octanol–water partition coefficient (Wildman–Crippen LogP) is 1.69. The molecule has 0 aliphatic rings. The smallest absolute Gasteiger partial charge is 0.137 e. The maximum Gasteiger partial charge on any atom is 0.137 e. The lowest BCUT2D eigenvalue weighted by Gasteiger charge is -2.05. The first-order valence-corrected chi connectivity index (χ1v) is 4.50. The van der Waals surface area contributed by atoms with E-state index in [1.165, 1.54) is 0 Å². The van der Waals surface area contributed by atoms with Crippen molar-refractivity contribution in [3.8, 4) is 11.8 Å². The number of aliphatic hydroxyl groups is 1. The van der Waals surface area contributed by atoms with Gasteiger partial charge in [-0.1, -0.05) is 15.9 Å². The van der Waals surface area contributed by atoms with Gasteiger partial charge in [-0.3, -0.25) is 0 Å². The molecule has 0 saturated carbocycles. The largest absolute Gasteiger partial charge is 0.490 e. The molecule has 0 heterocycles. The van der Waals surface area contributed by atoms with Crippen LogP contribution in [0, 0.1) is 11.3 Å². The van der Waals surface area contributed by atoms with Crippen LogP contribution in [-0.4, -0.2) is 18.3 Å². The summed E-state index contributed by atoms with van der Waals surface area (Å²) in [7, 11) is 0. The Bertz CT molecular complexity index is 333. The number of hydrogen-bond acceptors (Lipinski definition) is 3. The second-order valence-electron chi connectivity index (χ2n) is 2.32. The summed E-state index contributed by atoms with van der Waals surface area (Å²) in [6.45, 7) is 0.150. The third-order valence-corrected chi connectivity index (χ3v) is 1.90. The Morgan fingerprint density at radius 1 is 1.54 bits per heavy atom. The molecule has 68 valence electrons. The summed E-state index contributed by atoms with van der Waals surface area (Å²) in [6.07, 6.45) is 0. The van der Waals surface area contributed by atoms with Gasteiger partial charge in [0.05, 0.1) is 12.2 Å². The van der Waals surface area contributed by atoms with Gasteiger partial charge >= 0.3 is 0 Å². The Hall–Kier alpha value is -1.05. The molecule has 0 atom stereocenters. The first-order chi connectivity index (χ1) is 6.27. The van der Waals surface area contributed by atoms with Crippen LogP contribution >= 0.6 is 15.9 Å². The van der Waals surface area contributed by atoms with Crippen molar-refractivity contribution in [2.24, 2.45) is 0 Å². The molecule has 1 rings (SSSR count). The molecule has 0 radical (unpaired) electrons. The molecule has 4 heteroatoms. The van der Waals surface area contributed by atoms with Gasteiger partial charge in [-0.25, -0.2) is 0 Å². The van der Waals surface area contributed by atoms with Crippen molar-refractivity contribution in [3.63, 3.8) is 0 Å². The van der Waals surface area contributed by atoms with Gasteiger partial charge in [0.15, 0.2) is 0 Å². The van der Waals surface area contributed by atoms with Crippen LogP contribution in [0.3, 0.4) is 0 Å². The van der Waals surface area contributed by atoms with Crippen molar-refractivity contribution in [1.29, 1.82) is 5.26 Å². The lowest BCUT2D eigenvalue weighted by molar-refractivity contribution is 0.201. The Labute approximate surface area is 84.7 Å². The van der Waals surface area contributed by atoms with Gasteiger partial charge in [-0.05, 0) is 18.2 Å². The zero-order chi connectivity index (χ0) is 9.68. The van der Waals surface area contributed by atoms with Crippen molar-refractivity contribution in [2.75, 3.05) is 13.2 Å². The lowest BCUT2D eigenvalue weighted by atomic mass is 10.2. The normalized spacial score (nSPS) is 9.31. The molecule has 0 saturated heterocycles. The molecule has 1 aromatic carbocycles. The zero-order valence-electron chi connectivity index (χ0n) is 6.83. The van der Waals surface area contributed by atoms with Crippen molar-refractivity contribution in [2.45, 2.75) is 0 Å². The molecule has 1 aromatic rings. The average Bonchev–Trinajstić information content (AvgIpc) is 2.16. The summed E-state index contributed by atoms with van der Waals surface area (Å²) in [5.41, 5.74) is 0.461. The van der Waals surface area contributed by atoms with E-state index < -0.39 is 0 Å². The molecule has 13 heavy (non-hydrogen) atoms. The fraction of sp³-hybridized carbons (Fsp3) is 0.222. The van der Waals surface area contributed by atoms with Gasteiger partial charge in [0.25, 0.3) is 0 Å². The highest BCUT2D eigenvalue weighted by molar-refractivity contribution is 9.10. The van der Waals surface area contributed by atoms with Crippen molar-refractivity contribution < 1.29 is 9.84 Å². The standard InChI is InChI=1S/C9H8BrNO2/c10-8-1-2-9(13-4-3-12)7(5-8)6-11/h1-2,5,12H,3-4H2. The number of ether oxygens (including phenoxy) is 1. The minimum Gasteiger partial charge on any atom is -0.490 e. The summed E-state index contributed by atoms with van der Waals surface area (Å²) in [6, 6.07) is 7.16. The lowest BCUT2D eigenvalue weighted by Crippen LogP contribution is -2.02. The molecular weight excluding hydrogens is 234 g/mol. The van der Waals surface area contributed by atoms with Gasteiger partial charge in [0, 0.05) is 4.47 Å². The fourth-order valence-corrected chi connectivity index (χ4v) is 1.23. The van der Waals surface area contributed by atoms with E-state index >= 15 is 0 Å². The Kier molecular flexibility index (Phi) is 3.74. The second-order valence-corrected chi connectivity index (χ2v) is 3.24. The van der Waals surface area contributed by atoms with Crippen LogP contribution in [0.25, 0.3) is 0 Å². The number of rotatable bonds is 3. The molecule has 0 bridgehead atoms. The number of aliphatic hydroxyl groups excluding tert-OH is 1. The van der Waals surface area contributed by atoms with E-state index in [9.17, 15) is 0 Å². The first kappa shape index (κ1) is 10.0. The maximum absolute atomic E-state index is 8.73. The molecule has 0 spiro atoms. The van der Waals surface area contributed by atoms with Gasteiger partial charge < -0.3 is 9.84 Å². The number of halogens is 1. The third kappa shape index (κ3) is 2.72. The summed E-state index contributed by atoms with van der Waals surface area (Å²) in [4.78, 5) is 0. The molecule has 0 aliphatic carbocycles. The maximum atomic E-state index is 8.73. The quantitative estimate of drug-likeness (QED) is 0.877. The van der Waals surface area contributed by atoms with Crippen molar-refractivity contribution in [1.82, 2.24) is 0 Å². The van der Waals surface area contributed by atoms with E-state index in [1.54, 1.807) is 18.2 Å². The summed E-state index contributed by atoms with van der Waals surface area (Å²) >= 11 is 3.25. The number of nitrogens with zero attached hydrogens (tertiary/aromatic N) is 1. The molecule has 0 amide bonds. The Morgan fingerprint density at radius 3 is 2.92 bits per heavy atom. The molecule has 0 aliphatic heterocycles. The van der Waals surface area contributed by atoms with Crippen LogP contribution in [0.5, 0.6) is 5.75 Å². The Balaban J connectivity index is 2.88. The SMILES string of the molecule is N#Cc1cc(Br)ccc1OCCO.